The van der Waals surface area contributed by atoms with E-state index in [9.17, 15) is 9.59 Å². The molecule has 0 bridgehead atoms. The van der Waals surface area contributed by atoms with E-state index in [1.165, 1.54) is 22.9 Å². The van der Waals surface area contributed by atoms with Gasteiger partial charge in [-0.25, -0.2) is 0 Å². The minimum absolute atomic E-state index is 0.107. The van der Waals surface area contributed by atoms with Gasteiger partial charge in [-0.05, 0) is 30.4 Å². The van der Waals surface area contributed by atoms with Gasteiger partial charge in [-0.2, -0.15) is 0 Å². The summed E-state index contributed by atoms with van der Waals surface area (Å²) in [6.07, 6.45) is 1.60. The molecule has 1 fully saturated rings. The lowest BCUT2D eigenvalue weighted by Gasteiger charge is -2.25. The highest BCUT2D eigenvalue weighted by Gasteiger charge is 2.33. The molecule has 0 aliphatic carbocycles. The predicted molar refractivity (Wildman–Crippen MR) is 87.2 cm³/mol. The monoisotopic (exact) mass is 305 g/mol. The molecule has 2 rings (SSSR count). The molecule has 21 heavy (non-hydrogen) atoms. The Balaban J connectivity index is 1.99. The molecule has 1 saturated heterocycles. The summed E-state index contributed by atoms with van der Waals surface area (Å²) in [7, 11) is 0. The average molecular weight is 305 g/mol. The van der Waals surface area contributed by atoms with E-state index >= 15 is 0 Å². The minimum Gasteiger partial charge on any atom is -0.336 e. The van der Waals surface area contributed by atoms with Gasteiger partial charge in [0.15, 0.2) is 5.12 Å². The molecular formula is C17H23NO2S. The third-order valence-corrected chi connectivity index (χ3v) is 5.14. The van der Waals surface area contributed by atoms with Crippen LogP contribution in [0.15, 0.2) is 24.3 Å². The predicted octanol–water partition coefficient (Wildman–Crippen LogP) is 3.44. The summed E-state index contributed by atoms with van der Waals surface area (Å²) in [5.41, 5.74) is 2.50. The van der Waals surface area contributed by atoms with Crippen LogP contribution >= 0.6 is 11.8 Å². The zero-order chi connectivity index (χ0) is 15.4. The van der Waals surface area contributed by atoms with Gasteiger partial charge in [0.2, 0.25) is 5.91 Å². The standard InChI is InChI=1S/C17H23NO2S/c1-4-14-5-7-16(8-6-14)12(2)18-10-15(9-17(18)20)11-21-13(3)19/h5-8,12,15H,4,9-11H2,1-3H3. The summed E-state index contributed by atoms with van der Waals surface area (Å²) in [4.78, 5) is 25.2. The summed E-state index contributed by atoms with van der Waals surface area (Å²) in [6.45, 7) is 6.56. The Morgan fingerprint density at radius 3 is 2.62 bits per heavy atom. The Hall–Kier alpha value is -1.29. The Morgan fingerprint density at radius 2 is 2.05 bits per heavy atom. The Bertz CT molecular complexity index is 512. The quantitative estimate of drug-likeness (QED) is 0.836. The number of thioether (sulfide) groups is 1. The maximum atomic E-state index is 12.2. The lowest BCUT2D eigenvalue weighted by Crippen LogP contribution is -2.28. The number of amides is 1. The smallest absolute Gasteiger partial charge is 0.223 e. The highest BCUT2D eigenvalue weighted by atomic mass is 32.2. The maximum absolute atomic E-state index is 12.2. The zero-order valence-corrected chi connectivity index (χ0v) is 13.8. The van der Waals surface area contributed by atoms with Crippen LogP contribution in [0.5, 0.6) is 0 Å². The number of benzene rings is 1. The van der Waals surface area contributed by atoms with Crippen LogP contribution < -0.4 is 0 Å². The second kappa shape index (κ2) is 7.12. The highest BCUT2D eigenvalue weighted by Crippen LogP contribution is 2.30. The Kier molecular flexibility index (Phi) is 5.45. The van der Waals surface area contributed by atoms with Crippen LogP contribution in [0.4, 0.5) is 0 Å². The van der Waals surface area contributed by atoms with Gasteiger partial charge < -0.3 is 4.90 Å². The number of carbonyl (C=O) groups excluding carboxylic acids is 2. The first-order chi connectivity index (χ1) is 10.0. The topological polar surface area (TPSA) is 37.4 Å². The number of rotatable bonds is 5. The summed E-state index contributed by atoms with van der Waals surface area (Å²) in [5, 5.41) is 0.129. The maximum Gasteiger partial charge on any atom is 0.223 e. The first kappa shape index (κ1) is 16.1. The molecule has 0 N–H and O–H groups in total. The van der Waals surface area contributed by atoms with Crippen LogP contribution in [0.1, 0.15) is 44.4 Å². The molecule has 1 aromatic carbocycles. The van der Waals surface area contributed by atoms with E-state index < -0.39 is 0 Å². The molecule has 0 aromatic heterocycles. The van der Waals surface area contributed by atoms with Gasteiger partial charge in [0.25, 0.3) is 0 Å². The minimum atomic E-state index is 0.107. The van der Waals surface area contributed by atoms with Crippen LogP contribution in [0.2, 0.25) is 0 Å². The second-order valence-corrected chi connectivity index (χ2v) is 6.89. The Labute approximate surface area is 131 Å². The average Bonchev–Trinajstić information content (AvgIpc) is 2.85. The van der Waals surface area contributed by atoms with Gasteiger partial charge in [-0.3, -0.25) is 9.59 Å². The van der Waals surface area contributed by atoms with Crippen molar-refractivity contribution in [1.29, 1.82) is 0 Å². The number of hydrogen-bond donors (Lipinski definition) is 0. The number of nitrogens with zero attached hydrogens (tertiary/aromatic N) is 1. The van der Waals surface area contributed by atoms with Gasteiger partial charge in [0.1, 0.15) is 0 Å². The number of aryl methyl sites for hydroxylation is 1. The Morgan fingerprint density at radius 1 is 1.38 bits per heavy atom. The largest absolute Gasteiger partial charge is 0.336 e. The van der Waals surface area contributed by atoms with E-state index in [2.05, 4.69) is 38.1 Å². The lowest BCUT2D eigenvalue weighted by atomic mass is 10.0. The molecule has 3 nitrogen and oxygen atoms in total. The van der Waals surface area contributed by atoms with Crippen molar-refractivity contribution in [3.63, 3.8) is 0 Å². The lowest BCUT2D eigenvalue weighted by molar-refractivity contribution is -0.129. The molecule has 114 valence electrons. The molecule has 0 radical (unpaired) electrons. The van der Waals surface area contributed by atoms with Crippen molar-refractivity contribution in [3.05, 3.63) is 35.4 Å². The molecule has 1 aliphatic heterocycles. The fourth-order valence-electron chi connectivity index (χ4n) is 2.74. The summed E-state index contributed by atoms with van der Waals surface area (Å²) >= 11 is 1.33. The molecule has 1 amide bonds. The first-order valence-electron chi connectivity index (χ1n) is 7.53. The van der Waals surface area contributed by atoms with E-state index in [4.69, 9.17) is 0 Å². The van der Waals surface area contributed by atoms with E-state index in [1.54, 1.807) is 6.92 Å². The van der Waals surface area contributed by atoms with Gasteiger partial charge in [-0.1, -0.05) is 43.0 Å². The van der Waals surface area contributed by atoms with Gasteiger partial charge >= 0.3 is 0 Å². The van der Waals surface area contributed by atoms with Crippen molar-refractivity contribution in [2.75, 3.05) is 12.3 Å². The van der Waals surface area contributed by atoms with Crippen LogP contribution in [0, 0.1) is 5.92 Å². The molecule has 4 heteroatoms. The van der Waals surface area contributed by atoms with E-state index in [-0.39, 0.29) is 17.1 Å². The zero-order valence-electron chi connectivity index (χ0n) is 13.0. The molecule has 1 aromatic rings. The molecule has 2 atom stereocenters. The third kappa shape index (κ3) is 4.10. The fourth-order valence-corrected chi connectivity index (χ4v) is 3.44. The molecule has 0 saturated carbocycles. The van der Waals surface area contributed by atoms with Crippen LogP contribution in [0.3, 0.4) is 0 Å². The number of likely N-dealkylation sites (tertiary alicyclic amines) is 1. The highest BCUT2D eigenvalue weighted by molar-refractivity contribution is 8.13. The van der Waals surface area contributed by atoms with E-state index in [1.807, 2.05) is 4.90 Å². The van der Waals surface area contributed by atoms with Crippen molar-refractivity contribution in [1.82, 2.24) is 4.90 Å². The molecule has 1 heterocycles. The van der Waals surface area contributed by atoms with Crippen molar-refractivity contribution in [2.45, 2.75) is 39.7 Å². The van der Waals surface area contributed by atoms with Crippen molar-refractivity contribution >= 4 is 22.8 Å². The van der Waals surface area contributed by atoms with E-state index in [0.29, 0.717) is 12.3 Å². The van der Waals surface area contributed by atoms with E-state index in [0.717, 1.165) is 18.7 Å². The number of carbonyl (C=O) groups is 2. The normalized spacial score (nSPS) is 19.9. The van der Waals surface area contributed by atoms with Crippen LogP contribution in [0.25, 0.3) is 0 Å². The van der Waals surface area contributed by atoms with Crippen molar-refractivity contribution in [2.24, 2.45) is 5.92 Å². The second-order valence-electron chi connectivity index (χ2n) is 5.69. The molecular weight excluding hydrogens is 282 g/mol. The van der Waals surface area contributed by atoms with Gasteiger partial charge in [0, 0.05) is 25.6 Å². The molecule has 2 unspecified atom stereocenters. The summed E-state index contributed by atoms with van der Waals surface area (Å²) in [6, 6.07) is 8.61. The van der Waals surface area contributed by atoms with Crippen LogP contribution in [-0.4, -0.2) is 28.2 Å². The van der Waals surface area contributed by atoms with Gasteiger partial charge in [-0.15, -0.1) is 0 Å². The number of hydrogen-bond acceptors (Lipinski definition) is 3. The summed E-state index contributed by atoms with van der Waals surface area (Å²) in [5.74, 6) is 1.25. The van der Waals surface area contributed by atoms with Crippen molar-refractivity contribution in [3.8, 4) is 0 Å². The molecule has 1 aliphatic rings. The fraction of sp³-hybridized carbons (Fsp3) is 0.529. The van der Waals surface area contributed by atoms with Gasteiger partial charge in [0.05, 0.1) is 6.04 Å². The van der Waals surface area contributed by atoms with Crippen LogP contribution in [-0.2, 0) is 16.0 Å². The SMILES string of the molecule is CCc1ccc(C(C)N2CC(CSC(C)=O)CC2=O)cc1. The summed E-state index contributed by atoms with van der Waals surface area (Å²) < 4.78 is 0. The molecule has 0 spiro atoms. The third-order valence-electron chi connectivity index (χ3n) is 4.10. The first-order valence-corrected chi connectivity index (χ1v) is 8.51. The van der Waals surface area contributed by atoms with Crippen molar-refractivity contribution < 1.29 is 9.59 Å².